The van der Waals surface area contributed by atoms with Crippen molar-refractivity contribution in [2.24, 2.45) is 0 Å². The molecule has 0 saturated heterocycles. The van der Waals surface area contributed by atoms with Crippen molar-refractivity contribution >= 4 is 23.4 Å². The molecule has 4 nitrogen and oxygen atoms in total. The fourth-order valence-electron chi connectivity index (χ4n) is 1.48. The molecule has 0 aliphatic carbocycles. The van der Waals surface area contributed by atoms with Gasteiger partial charge in [0.1, 0.15) is 5.60 Å². The maximum Gasteiger partial charge on any atom is 0.412 e. The predicted molar refractivity (Wildman–Crippen MR) is 76.5 cm³/mol. The molecule has 0 aromatic heterocycles. The van der Waals surface area contributed by atoms with Crippen molar-refractivity contribution < 1.29 is 9.53 Å². The van der Waals surface area contributed by atoms with E-state index in [2.05, 4.69) is 10.2 Å². The summed E-state index contributed by atoms with van der Waals surface area (Å²) >= 11 is 5.92. The lowest BCUT2D eigenvalue weighted by atomic mass is 10.1. The maximum absolute atomic E-state index is 11.7. The molecule has 0 aliphatic rings. The zero-order valence-corrected chi connectivity index (χ0v) is 12.0. The molecule has 0 saturated carbocycles. The van der Waals surface area contributed by atoms with E-state index in [1.54, 1.807) is 39.0 Å². The van der Waals surface area contributed by atoms with Gasteiger partial charge in [0, 0.05) is 17.1 Å². The van der Waals surface area contributed by atoms with Crippen LogP contribution < -0.4 is 5.32 Å². The zero-order valence-electron chi connectivity index (χ0n) is 11.3. The van der Waals surface area contributed by atoms with E-state index in [4.69, 9.17) is 22.9 Å². The first-order valence-corrected chi connectivity index (χ1v) is 6.31. The van der Waals surface area contributed by atoms with Crippen molar-refractivity contribution in [1.82, 2.24) is 0 Å². The molecule has 0 aliphatic heterocycles. The topological polar surface area (TPSA) is 42.7 Å². The Morgan fingerprint density at radius 1 is 1.47 bits per heavy atom. The van der Waals surface area contributed by atoms with Gasteiger partial charge in [-0.05, 0) is 44.5 Å². The number of carbonyl (C=O) groups is 1. The van der Waals surface area contributed by atoms with E-state index in [1.807, 2.05) is 0 Å². The van der Waals surface area contributed by atoms with E-state index in [0.29, 0.717) is 23.7 Å². The summed E-state index contributed by atoms with van der Waals surface area (Å²) in [5.74, 6) is 0. The van der Waals surface area contributed by atoms with Gasteiger partial charge in [-0.2, -0.15) is 0 Å². The standard InChI is InChI=1S/C14H17ClN2O2/c1-14(2,3)19-13(18)17-12-6-5-11(15)9-10(12)7-8-16-4/h5-6,9H,7-8H2,1-3H3,(H,17,18). The van der Waals surface area contributed by atoms with Crippen molar-refractivity contribution in [1.29, 1.82) is 0 Å². The first kappa shape index (κ1) is 15.3. The van der Waals surface area contributed by atoms with Crippen LogP contribution in [0.4, 0.5) is 10.5 Å². The Kier molecular flexibility index (Phi) is 5.20. The van der Waals surface area contributed by atoms with Crippen molar-refractivity contribution in [2.45, 2.75) is 32.8 Å². The van der Waals surface area contributed by atoms with E-state index in [0.717, 1.165) is 5.56 Å². The number of rotatable bonds is 3. The van der Waals surface area contributed by atoms with Crippen LogP contribution in [0.15, 0.2) is 18.2 Å². The normalized spacial score (nSPS) is 10.7. The second kappa shape index (κ2) is 6.44. The highest BCUT2D eigenvalue weighted by Gasteiger charge is 2.17. The summed E-state index contributed by atoms with van der Waals surface area (Å²) in [4.78, 5) is 15.0. The molecule has 1 aromatic rings. The van der Waals surface area contributed by atoms with Gasteiger partial charge in [0.2, 0.25) is 6.54 Å². The van der Waals surface area contributed by atoms with Crippen molar-refractivity contribution in [2.75, 3.05) is 11.9 Å². The molecular weight excluding hydrogens is 264 g/mol. The van der Waals surface area contributed by atoms with Gasteiger partial charge < -0.3 is 9.58 Å². The first-order chi connectivity index (χ1) is 8.81. The number of benzene rings is 1. The van der Waals surface area contributed by atoms with Crippen LogP contribution in [0.2, 0.25) is 5.02 Å². The molecule has 1 rings (SSSR count). The van der Waals surface area contributed by atoms with Gasteiger partial charge in [-0.25, -0.2) is 11.4 Å². The molecule has 0 radical (unpaired) electrons. The number of hydrogen-bond acceptors (Lipinski definition) is 2. The molecule has 1 aromatic carbocycles. The molecule has 0 unspecified atom stereocenters. The third kappa shape index (κ3) is 5.62. The maximum atomic E-state index is 11.7. The molecule has 0 fully saturated rings. The lowest BCUT2D eigenvalue weighted by molar-refractivity contribution is 0.0636. The minimum Gasteiger partial charge on any atom is -0.444 e. The number of nitrogens with one attached hydrogen (secondary N) is 1. The van der Waals surface area contributed by atoms with Crippen molar-refractivity contribution in [3.8, 4) is 0 Å². The molecule has 0 bridgehead atoms. The Morgan fingerprint density at radius 3 is 2.74 bits per heavy atom. The zero-order chi connectivity index (χ0) is 14.5. The van der Waals surface area contributed by atoms with Crippen molar-refractivity contribution in [3.63, 3.8) is 0 Å². The number of hydrogen-bond donors (Lipinski definition) is 1. The lowest BCUT2D eigenvalue weighted by Gasteiger charge is -2.20. The van der Waals surface area contributed by atoms with E-state index in [1.165, 1.54) is 0 Å². The minimum absolute atomic E-state index is 0.351. The average Bonchev–Trinajstić information content (AvgIpc) is 2.27. The fourth-order valence-corrected chi connectivity index (χ4v) is 1.68. The summed E-state index contributed by atoms with van der Waals surface area (Å²) < 4.78 is 5.19. The fraction of sp³-hybridized carbons (Fsp3) is 0.429. The highest BCUT2D eigenvalue weighted by molar-refractivity contribution is 6.30. The van der Waals surface area contributed by atoms with Crippen LogP contribution in [0.5, 0.6) is 0 Å². The molecule has 102 valence electrons. The van der Waals surface area contributed by atoms with Gasteiger partial charge in [0.05, 0.1) is 0 Å². The Bertz CT molecular complexity index is 501. The summed E-state index contributed by atoms with van der Waals surface area (Å²) in [5.41, 5.74) is 0.907. The Hall–Kier alpha value is -1.73. The van der Waals surface area contributed by atoms with Gasteiger partial charge in [0.15, 0.2) is 0 Å². The van der Waals surface area contributed by atoms with Crippen LogP contribution in [-0.4, -0.2) is 18.2 Å². The molecule has 5 heteroatoms. The highest BCUT2D eigenvalue weighted by atomic mass is 35.5. The third-order valence-electron chi connectivity index (χ3n) is 2.20. The number of halogens is 1. The van der Waals surface area contributed by atoms with Gasteiger partial charge >= 0.3 is 6.09 Å². The number of amides is 1. The second-order valence-electron chi connectivity index (χ2n) is 5.06. The molecule has 1 N–H and O–H groups in total. The summed E-state index contributed by atoms with van der Waals surface area (Å²) in [6, 6.07) is 5.15. The first-order valence-electron chi connectivity index (χ1n) is 5.93. The number of carbonyl (C=O) groups excluding carboxylic acids is 1. The monoisotopic (exact) mass is 280 g/mol. The van der Waals surface area contributed by atoms with Crippen LogP contribution in [0.3, 0.4) is 0 Å². The predicted octanol–water partition coefficient (Wildman–Crippen LogP) is 4.15. The molecule has 0 spiro atoms. The molecule has 19 heavy (non-hydrogen) atoms. The van der Waals surface area contributed by atoms with E-state index < -0.39 is 11.7 Å². The van der Waals surface area contributed by atoms with E-state index >= 15 is 0 Å². The number of anilines is 1. The van der Waals surface area contributed by atoms with Gasteiger partial charge in [-0.15, -0.1) is 0 Å². The van der Waals surface area contributed by atoms with Gasteiger partial charge in [-0.3, -0.25) is 5.32 Å². The molecule has 0 heterocycles. The Balaban J connectivity index is 2.82. The third-order valence-corrected chi connectivity index (χ3v) is 2.43. The second-order valence-corrected chi connectivity index (χ2v) is 5.50. The molecule has 0 atom stereocenters. The van der Waals surface area contributed by atoms with Crippen LogP contribution >= 0.6 is 11.6 Å². The summed E-state index contributed by atoms with van der Waals surface area (Å²) in [6.45, 7) is 12.6. The van der Waals surface area contributed by atoms with E-state index in [-0.39, 0.29) is 0 Å². The number of ether oxygens (including phenoxy) is 1. The van der Waals surface area contributed by atoms with Crippen LogP contribution in [0, 0.1) is 6.57 Å². The van der Waals surface area contributed by atoms with Crippen LogP contribution in [-0.2, 0) is 11.2 Å². The molecular formula is C14H17ClN2O2. The highest BCUT2D eigenvalue weighted by Crippen LogP contribution is 2.22. The quantitative estimate of drug-likeness (QED) is 0.845. The summed E-state index contributed by atoms with van der Waals surface area (Å²) in [5, 5.41) is 3.26. The van der Waals surface area contributed by atoms with E-state index in [9.17, 15) is 4.79 Å². The SMILES string of the molecule is [C-]#[N+]CCc1cc(Cl)ccc1NC(=O)OC(C)(C)C. The lowest BCUT2D eigenvalue weighted by Crippen LogP contribution is -2.27. The largest absolute Gasteiger partial charge is 0.444 e. The minimum atomic E-state index is -0.548. The van der Waals surface area contributed by atoms with Gasteiger partial charge in [-0.1, -0.05) is 11.6 Å². The molecule has 1 amide bonds. The Morgan fingerprint density at radius 2 is 2.16 bits per heavy atom. The van der Waals surface area contributed by atoms with Gasteiger partial charge in [0.25, 0.3) is 0 Å². The van der Waals surface area contributed by atoms with Crippen LogP contribution in [0.1, 0.15) is 26.3 Å². The Labute approximate surface area is 118 Å². The average molecular weight is 281 g/mol. The summed E-state index contributed by atoms with van der Waals surface area (Å²) in [6.07, 6.45) is 0.0220. The van der Waals surface area contributed by atoms with Crippen LogP contribution in [0.25, 0.3) is 4.85 Å². The smallest absolute Gasteiger partial charge is 0.412 e. The summed E-state index contributed by atoms with van der Waals surface area (Å²) in [7, 11) is 0. The van der Waals surface area contributed by atoms with Crippen molar-refractivity contribution in [3.05, 3.63) is 40.2 Å². The number of nitrogens with zero attached hydrogens (tertiary/aromatic N) is 1.